The molecule has 1 N–H and O–H groups in total. The van der Waals surface area contributed by atoms with Crippen molar-refractivity contribution < 1.29 is 0 Å². The van der Waals surface area contributed by atoms with E-state index in [1.165, 1.54) is 6.20 Å². The van der Waals surface area contributed by atoms with Gasteiger partial charge < -0.3 is 0 Å². The predicted octanol–water partition coefficient (Wildman–Crippen LogP) is 1.36. The van der Waals surface area contributed by atoms with E-state index in [0.717, 1.165) is 16.4 Å². The van der Waals surface area contributed by atoms with Crippen LogP contribution in [-0.4, -0.2) is 14.6 Å². The molecular formula is C11H8N4. The first-order valence-electron chi connectivity index (χ1n) is 4.63. The fraction of sp³-hybridized carbons (Fsp3) is 0. The molecule has 4 nitrogen and oxygen atoms in total. The molecule has 0 saturated heterocycles. The van der Waals surface area contributed by atoms with Crippen molar-refractivity contribution in [2.75, 3.05) is 0 Å². The fourth-order valence-corrected chi connectivity index (χ4v) is 1.66. The Morgan fingerprint density at radius 3 is 2.93 bits per heavy atom. The monoisotopic (exact) mass is 196 g/mol. The van der Waals surface area contributed by atoms with E-state index in [-0.39, 0.29) is 5.49 Å². The molecule has 2 heterocycles. The molecule has 0 amide bonds. The van der Waals surface area contributed by atoms with Gasteiger partial charge in [-0.1, -0.05) is 24.3 Å². The highest BCUT2D eigenvalue weighted by Crippen LogP contribution is 2.15. The zero-order valence-electron chi connectivity index (χ0n) is 7.88. The largest absolute Gasteiger partial charge is 0.281 e. The molecule has 0 aliphatic carbocycles. The summed E-state index contributed by atoms with van der Waals surface area (Å²) in [4.78, 5) is 4.17. The minimum atomic E-state index is 0.186. The third-order valence-electron chi connectivity index (χ3n) is 2.34. The number of rotatable bonds is 0. The van der Waals surface area contributed by atoms with Gasteiger partial charge in [-0.05, 0) is 11.5 Å². The van der Waals surface area contributed by atoms with Gasteiger partial charge in [-0.2, -0.15) is 5.10 Å². The fourth-order valence-electron chi connectivity index (χ4n) is 1.66. The van der Waals surface area contributed by atoms with E-state index in [0.29, 0.717) is 0 Å². The Balaban J connectivity index is 2.63. The molecule has 0 atom stereocenters. The number of benzene rings is 1. The summed E-state index contributed by atoms with van der Waals surface area (Å²) in [6.45, 7) is 0. The summed E-state index contributed by atoms with van der Waals surface area (Å²) in [6, 6.07) is 9.94. The van der Waals surface area contributed by atoms with E-state index in [1.807, 2.05) is 36.5 Å². The van der Waals surface area contributed by atoms with Gasteiger partial charge in [0.25, 0.3) is 0 Å². The normalized spacial score (nSPS) is 10.9. The summed E-state index contributed by atoms with van der Waals surface area (Å²) in [6.07, 6.45) is 3.28. The lowest BCUT2D eigenvalue weighted by Gasteiger charge is -2.02. The first kappa shape index (κ1) is 8.11. The first-order chi connectivity index (χ1) is 7.34. The van der Waals surface area contributed by atoms with E-state index in [2.05, 4.69) is 10.1 Å². The highest BCUT2D eigenvalue weighted by atomic mass is 15.2. The molecule has 4 heteroatoms. The number of hydrogen-bond acceptors (Lipinski definition) is 3. The van der Waals surface area contributed by atoms with Crippen molar-refractivity contribution in [2.24, 2.45) is 0 Å². The predicted molar refractivity (Wildman–Crippen MR) is 56.3 cm³/mol. The molecule has 0 saturated carbocycles. The summed E-state index contributed by atoms with van der Waals surface area (Å²) in [7, 11) is 0. The van der Waals surface area contributed by atoms with Crippen LogP contribution in [0.5, 0.6) is 0 Å². The molecule has 3 aromatic rings. The minimum absolute atomic E-state index is 0.186. The molecule has 0 aliphatic heterocycles. The lowest BCUT2D eigenvalue weighted by molar-refractivity contribution is 0.867. The second kappa shape index (κ2) is 2.88. The van der Waals surface area contributed by atoms with Crippen molar-refractivity contribution in [3.05, 3.63) is 48.2 Å². The lowest BCUT2D eigenvalue weighted by atomic mass is 10.2. The maximum atomic E-state index is 7.47. The Morgan fingerprint density at radius 1 is 1.13 bits per heavy atom. The molecule has 0 radical (unpaired) electrons. The average Bonchev–Trinajstić information content (AvgIpc) is 2.29. The quantitative estimate of drug-likeness (QED) is 0.552. The van der Waals surface area contributed by atoms with Gasteiger partial charge in [-0.25, -0.2) is 9.50 Å². The number of aromatic nitrogens is 3. The Morgan fingerprint density at radius 2 is 2.00 bits per heavy atom. The highest BCUT2D eigenvalue weighted by Gasteiger charge is 1.99. The SMILES string of the molecule is N=c1cnn2ccc3ccccc3c2n1. The van der Waals surface area contributed by atoms with E-state index in [9.17, 15) is 0 Å². The zero-order chi connectivity index (χ0) is 10.3. The standard InChI is InChI=1S/C11H8N4/c12-10-7-13-15-6-5-8-3-1-2-4-9(8)11(15)14-10/h1-7,12H. The van der Waals surface area contributed by atoms with Gasteiger partial charge in [0.15, 0.2) is 11.1 Å². The molecule has 0 spiro atoms. The molecule has 1 aromatic carbocycles. The van der Waals surface area contributed by atoms with Gasteiger partial charge >= 0.3 is 0 Å². The molecule has 3 rings (SSSR count). The van der Waals surface area contributed by atoms with E-state index in [1.54, 1.807) is 4.52 Å². The third kappa shape index (κ3) is 1.19. The summed E-state index contributed by atoms with van der Waals surface area (Å²) in [5.74, 6) is 0. The summed E-state index contributed by atoms with van der Waals surface area (Å²) in [5, 5.41) is 13.7. The number of pyridine rings is 1. The van der Waals surface area contributed by atoms with Crippen molar-refractivity contribution in [3.8, 4) is 0 Å². The third-order valence-corrected chi connectivity index (χ3v) is 2.34. The number of fused-ring (bicyclic) bond motifs is 3. The molecule has 0 aliphatic rings. The maximum Gasteiger partial charge on any atom is 0.167 e. The number of nitrogens with one attached hydrogen (secondary N) is 1. The summed E-state index contributed by atoms with van der Waals surface area (Å²) < 4.78 is 1.68. The highest BCUT2D eigenvalue weighted by molar-refractivity contribution is 5.93. The zero-order valence-corrected chi connectivity index (χ0v) is 7.88. The van der Waals surface area contributed by atoms with Crippen LogP contribution in [0.3, 0.4) is 0 Å². The second-order valence-electron chi connectivity index (χ2n) is 3.31. The van der Waals surface area contributed by atoms with E-state index < -0.39 is 0 Å². The van der Waals surface area contributed by atoms with Crippen LogP contribution in [0.25, 0.3) is 16.4 Å². The van der Waals surface area contributed by atoms with Crippen LogP contribution < -0.4 is 5.49 Å². The van der Waals surface area contributed by atoms with E-state index in [4.69, 9.17) is 5.41 Å². The molecule has 2 aromatic heterocycles. The maximum absolute atomic E-state index is 7.47. The van der Waals surface area contributed by atoms with Crippen molar-refractivity contribution in [1.82, 2.24) is 14.6 Å². The number of nitrogens with zero attached hydrogens (tertiary/aromatic N) is 3. The van der Waals surface area contributed by atoms with Gasteiger partial charge in [0.2, 0.25) is 0 Å². The van der Waals surface area contributed by atoms with Crippen molar-refractivity contribution in [2.45, 2.75) is 0 Å². The first-order valence-corrected chi connectivity index (χ1v) is 4.63. The molecule has 0 unspecified atom stereocenters. The molecule has 0 bridgehead atoms. The Labute approximate surface area is 85.3 Å². The van der Waals surface area contributed by atoms with E-state index >= 15 is 0 Å². The van der Waals surface area contributed by atoms with Gasteiger partial charge in [0.05, 0.1) is 6.20 Å². The van der Waals surface area contributed by atoms with Gasteiger partial charge in [-0.15, -0.1) is 0 Å². The van der Waals surface area contributed by atoms with Crippen molar-refractivity contribution in [1.29, 1.82) is 5.41 Å². The van der Waals surface area contributed by atoms with Crippen LogP contribution in [0.2, 0.25) is 0 Å². The topological polar surface area (TPSA) is 54.0 Å². The molecular weight excluding hydrogens is 188 g/mol. The number of hydrogen-bond donors (Lipinski definition) is 1. The van der Waals surface area contributed by atoms with Crippen LogP contribution in [0, 0.1) is 5.41 Å². The van der Waals surface area contributed by atoms with Crippen LogP contribution in [0.1, 0.15) is 0 Å². The van der Waals surface area contributed by atoms with Gasteiger partial charge in [0, 0.05) is 11.6 Å². The van der Waals surface area contributed by atoms with Crippen molar-refractivity contribution in [3.63, 3.8) is 0 Å². The second-order valence-corrected chi connectivity index (χ2v) is 3.31. The van der Waals surface area contributed by atoms with Crippen LogP contribution >= 0.6 is 0 Å². The average molecular weight is 196 g/mol. The Bertz CT molecular complexity index is 699. The van der Waals surface area contributed by atoms with Crippen LogP contribution in [0.4, 0.5) is 0 Å². The molecule has 15 heavy (non-hydrogen) atoms. The lowest BCUT2D eigenvalue weighted by Crippen LogP contribution is -2.10. The van der Waals surface area contributed by atoms with Gasteiger partial charge in [-0.3, -0.25) is 5.41 Å². The van der Waals surface area contributed by atoms with Crippen LogP contribution in [0.15, 0.2) is 42.7 Å². The van der Waals surface area contributed by atoms with Crippen molar-refractivity contribution >= 4 is 16.4 Å². The molecule has 0 fully saturated rings. The minimum Gasteiger partial charge on any atom is -0.281 e. The Hall–Kier alpha value is -2.23. The summed E-state index contributed by atoms with van der Waals surface area (Å²) in [5.41, 5.74) is 0.909. The Kier molecular flexibility index (Phi) is 1.56. The molecule has 72 valence electrons. The van der Waals surface area contributed by atoms with Gasteiger partial charge in [0.1, 0.15) is 0 Å². The smallest absolute Gasteiger partial charge is 0.167 e. The van der Waals surface area contributed by atoms with Crippen LogP contribution in [-0.2, 0) is 0 Å². The summed E-state index contributed by atoms with van der Waals surface area (Å²) >= 11 is 0.